The van der Waals surface area contributed by atoms with Gasteiger partial charge in [-0.25, -0.2) is 0 Å². The van der Waals surface area contributed by atoms with Crippen LogP contribution in [0.4, 0.5) is 0 Å². The van der Waals surface area contributed by atoms with Crippen molar-refractivity contribution in [2.45, 2.75) is 118 Å². The van der Waals surface area contributed by atoms with E-state index in [4.69, 9.17) is 11.5 Å². The maximum Gasteiger partial charge on any atom is 0.244 e. The molecule has 1 unspecified atom stereocenters. The topological polar surface area (TPSA) is 119 Å². The van der Waals surface area contributed by atoms with Gasteiger partial charge < -0.3 is 21.7 Å². The molecule has 1 saturated heterocycles. The first-order valence-electron chi connectivity index (χ1n) is 12.5. The maximum absolute atomic E-state index is 13.0. The van der Waals surface area contributed by atoms with Gasteiger partial charge in [0.2, 0.25) is 17.7 Å². The number of nitrogens with two attached hydrogens (primary N) is 2. The van der Waals surface area contributed by atoms with Crippen molar-refractivity contribution < 1.29 is 14.4 Å². The molecular formula is C25H52N4O3S2. The molecule has 0 bridgehead atoms. The van der Waals surface area contributed by atoms with Crippen molar-refractivity contribution in [3.63, 3.8) is 0 Å². The van der Waals surface area contributed by atoms with Crippen molar-refractivity contribution in [1.82, 2.24) is 10.2 Å². The molecule has 1 heterocycles. The fourth-order valence-electron chi connectivity index (χ4n) is 3.11. The van der Waals surface area contributed by atoms with Crippen LogP contribution >= 0.6 is 24.4 Å². The number of hydrogen-bond acceptors (Lipinski definition) is 6. The molecule has 0 aromatic carbocycles. The molecule has 7 nitrogen and oxygen atoms in total. The highest BCUT2D eigenvalue weighted by Crippen LogP contribution is 2.41. The Labute approximate surface area is 218 Å². The number of carbonyl (C=O) groups excluding carboxylic acids is 3. The number of unbranched alkanes of at least 4 members (excludes halogenated alkanes) is 1. The van der Waals surface area contributed by atoms with Crippen LogP contribution in [0, 0.1) is 11.3 Å². The third-order valence-electron chi connectivity index (χ3n) is 6.01. The fraction of sp³-hybridized carbons (Fsp3) is 0.880. The zero-order valence-electron chi connectivity index (χ0n) is 23.2. The van der Waals surface area contributed by atoms with Crippen LogP contribution in [0.5, 0.6) is 0 Å². The van der Waals surface area contributed by atoms with Crippen LogP contribution in [0.3, 0.4) is 0 Å². The molecule has 9 heteroatoms. The van der Waals surface area contributed by atoms with Crippen molar-refractivity contribution in [2.24, 2.45) is 22.8 Å². The highest BCUT2D eigenvalue weighted by atomic mass is 32.2. The number of rotatable bonds is 9. The molecule has 1 aliphatic heterocycles. The number of thioether (sulfide) groups is 1. The first-order valence-corrected chi connectivity index (χ1v) is 14.2. The van der Waals surface area contributed by atoms with Crippen LogP contribution in [0.25, 0.3) is 0 Å². The summed E-state index contributed by atoms with van der Waals surface area (Å²) >= 11 is 5.55. The van der Waals surface area contributed by atoms with E-state index in [1.54, 1.807) is 16.7 Å². The molecule has 0 saturated carbocycles. The number of nitrogens with one attached hydrogen (secondary N) is 1. The van der Waals surface area contributed by atoms with Crippen LogP contribution in [-0.2, 0) is 14.4 Å². The summed E-state index contributed by atoms with van der Waals surface area (Å²) < 4.78 is -0.426. The summed E-state index contributed by atoms with van der Waals surface area (Å²) in [5, 5.41) is 2.79. The number of carbonyl (C=O) groups is 3. The third-order valence-corrected chi connectivity index (χ3v) is 7.86. The van der Waals surface area contributed by atoms with Crippen molar-refractivity contribution in [3.8, 4) is 0 Å². The molecule has 0 aromatic heterocycles. The van der Waals surface area contributed by atoms with Crippen LogP contribution < -0.4 is 16.8 Å². The first-order chi connectivity index (χ1) is 15.6. The normalized spacial score (nSPS) is 19.5. The number of primary amides is 1. The van der Waals surface area contributed by atoms with Crippen molar-refractivity contribution in [2.75, 3.05) is 11.6 Å². The predicted octanol–water partition coefficient (Wildman–Crippen LogP) is 4.19. The van der Waals surface area contributed by atoms with Gasteiger partial charge in [0.15, 0.2) is 0 Å². The lowest BCUT2D eigenvalue weighted by molar-refractivity contribution is -0.145. The standard InChI is InChI=1S/C19H35N3O3S.C4H11NS.C2H6/c1-8-9-10-13(15(20)23)21-16(24)14-19(6,7)26-11-22(14)17(25)12(2)18(3,4)5;1-2-4(5)3-6;1-2/h12-14H,8-11H2,1-7H3,(H2,20,23)(H,21,24);4,6H,2-3,5H2,1H3;1-2H3/t12-,13+,14?;4-;/m11./s1. The minimum absolute atomic E-state index is 0.0279. The summed E-state index contributed by atoms with van der Waals surface area (Å²) in [6, 6.07) is -1.01. The molecular weight excluding hydrogens is 468 g/mol. The zero-order chi connectivity index (χ0) is 27.3. The summed E-state index contributed by atoms with van der Waals surface area (Å²) in [5.41, 5.74) is 10.7. The number of nitrogens with zero attached hydrogens (tertiary/aromatic N) is 1. The molecule has 0 aromatic rings. The largest absolute Gasteiger partial charge is 0.368 e. The highest BCUT2D eigenvalue weighted by Gasteiger charge is 2.49. The minimum Gasteiger partial charge on any atom is -0.368 e. The zero-order valence-corrected chi connectivity index (χ0v) is 24.9. The second-order valence-electron chi connectivity index (χ2n) is 10.1. The SMILES string of the molecule is CC.CCCC[C@H](NC(=O)C1N(C(=O)[C@@H](C)C(C)(C)C)CSC1(C)C)C(N)=O.CC[C@@H](N)CS. The van der Waals surface area contributed by atoms with Crippen LogP contribution in [-0.4, -0.2) is 57.1 Å². The molecule has 1 rings (SSSR count). The summed E-state index contributed by atoms with van der Waals surface area (Å²) in [6.07, 6.45) is 3.27. The third kappa shape index (κ3) is 11.7. The Hall–Kier alpha value is -0.930. The quantitative estimate of drug-likeness (QED) is 0.340. The molecule has 34 heavy (non-hydrogen) atoms. The van der Waals surface area contributed by atoms with Gasteiger partial charge in [-0.15, -0.1) is 11.8 Å². The van der Waals surface area contributed by atoms with E-state index in [-0.39, 0.29) is 23.1 Å². The van der Waals surface area contributed by atoms with E-state index in [2.05, 4.69) is 24.9 Å². The molecule has 0 aliphatic carbocycles. The molecule has 3 amide bonds. The van der Waals surface area contributed by atoms with Gasteiger partial charge in [-0.3, -0.25) is 14.4 Å². The molecule has 0 radical (unpaired) electrons. The second kappa shape index (κ2) is 16.7. The Kier molecular flexibility index (Phi) is 17.3. The van der Waals surface area contributed by atoms with Crippen LogP contribution in [0.1, 0.15) is 94.9 Å². The fourth-order valence-corrected chi connectivity index (χ4v) is 4.50. The summed E-state index contributed by atoms with van der Waals surface area (Å²) in [6.45, 7) is 20.0. The molecule has 4 atom stereocenters. The van der Waals surface area contributed by atoms with Crippen molar-refractivity contribution >= 4 is 42.1 Å². The van der Waals surface area contributed by atoms with Gasteiger partial charge >= 0.3 is 0 Å². The molecule has 5 N–H and O–H groups in total. The maximum atomic E-state index is 13.0. The number of hydrogen-bond donors (Lipinski definition) is 4. The summed E-state index contributed by atoms with van der Waals surface area (Å²) in [4.78, 5) is 39.4. The summed E-state index contributed by atoms with van der Waals surface area (Å²) in [5.74, 6) is 0.210. The highest BCUT2D eigenvalue weighted by molar-refractivity contribution is 8.00. The molecule has 1 aliphatic rings. The Balaban J connectivity index is 0. The van der Waals surface area contributed by atoms with E-state index in [1.165, 1.54) is 0 Å². The molecule has 1 fully saturated rings. The second-order valence-corrected chi connectivity index (χ2v) is 12.1. The van der Waals surface area contributed by atoms with E-state index in [1.807, 2.05) is 62.3 Å². The predicted molar refractivity (Wildman–Crippen MR) is 150 cm³/mol. The average molecular weight is 521 g/mol. The van der Waals surface area contributed by atoms with E-state index >= 15 is 0 Å². The Morgan fingerprint density at radius 1 is 1.21 bits per heavy atom. The van der Waals surface area contributed by atoms with E-state index < -0.39 is 22.7 Å². The van der Waals surface area contributed by atoms with E-state index in [0.29, 0.717) is 18.3 Å². The van der Waals surface area contributed by atoms with Gasteiger partial charge in [0.1, 0.15) is 12.1 Å². The molecule has 202 valence electrons. The van der Waals surface area contributed by atoms with Gasteiger partial charge in [-0.1, -0.05) is 68.2 Å². The van der Waals surface area contributed by atoms with E-state index in [0.717, 1.165) is 25.0 Å². The van der Waals surface area contributed by atoms with E-state index in [9.17, 15) is 14.4 Å². The smallest absolute Gasteiger partial charge is 0.244 e. The Morgan fingerprint density at radius 2 is 1.74 bits per heavy atom. The van der Waals surface area contributed by atoms with Crippen LogP contribution in [0.2, 0.25) is 0 Å². The van der Waals surface area contributed by atoms with Crippen LogP contribution in [0.15, 0.2) is 0 Å². The molecule has 0 spiro atoms. The van der Waals surface area contributed by atoms with Crippen molar-refractivity contribution in [3.05, 3.63) is 0 Å². The van der Waals surface area contributed by atoms with Gasteiger partial charge in [-0.2, -0.15) is 12.6 Å². The lowest BCUT2D eigenvalue weighted by Crippen LogP contribution is -2.58. The first kappa shape index (κ1) is 35.2. The van der Waals surface area contributed by atoms with Gasteiger partial charge in [-0.05, 0) is 32.1 Å². The van der Waals surface area contributed by atoms with Crippen molar-refractivity contribution in [1.29, 1.82) is 0 Å². The minimum atomic E-state index is -0.694. The lowest BCUT2D eigenvalue weighted by Gasteiger charge is -2.35. The number of thiol groups is 1. The average Bonchev–Trinajstić information content (AvgIpc) is 3.10. The number of amides is 3. The monoisotopic (exact) mass is 520 g/mol. The van der Waals surface area contributed by atoms with Gasteiger partial charge in [0.05, 0.1) is 5.88 Å². The Bertz CT molecular complexity index is 620. The van der Waals surface area contributed by atoms with Gasteiger partial charge in [0, 0.05) is 22.5 Å². The summed E-state index contributed by atoms with van der Waals surface area (Å²) in [7, 11) is 0. The Morgan fingerprint density at radius 3 is 2.09 bits per heavy atom. The van der Waals surface area contributed by atoms with Gasteiger partial charge in [0.25, 0.3) is 0 Å². The lowest BCUT2D eigenvalue weighted by atomic mass is 9.81.